The Kier molecular flexibility index (Phi) is 3.78. The molecule has 1 aromatic carbocycles. The van der Waals surface area contributed by atoms with Gasteiger partial charge in [-0.25, -0.2) is 4.39 Å². The molecule has 0 radical (unpaired) electrons. The quantitative estimate of drug-likeness (QED) is 0.804. The van der Waals surface area contributed by atoms with E-state index in [4.69, 9.17) is 9.84 Å². The molecule has 0 amide bonds. The molecule has 0 spiro atoms. The number of hydrogen-bond acceptors (Lipinski definition) is 2. The zero-order valence-corrected chi connectivity index (χ0v) is 9.29. The summed E-state index contributed by atoms with van der Waals surface area (Å²) in [7, 11) is 0. The maximum Gasteiger partial charge on any atom is 0.165 e. The van der Waals surface area contributed by atoms with E-state index >= 15 is 0 Å². The van der Waals surface area contributed by atoms with Crippen molar-refractivity contribution >= 4 is 0 Å². The first-order valence-corrected chi connectivity index (χ1v) is 5.81. The van der Waals surface area contributed by atoms with E-state index in [0.29, 0.717) is 31.1 Å². The van der Waals surface area contributed by atoms with Crippen LogP contribution in [-0.4, -0.2) is 18.3 Å². The SMILES string of the molecule is OCCCc1ccc(OCC2CC2)c(F)c1. The number of ether oxygens (including phenoxy) is 1. The zero-order chi connectivity index (χ0) is 11.4. The highest BCUT2D eigenvalue weighted by Crippen LogP contribution is 2.30. The van der Waals surface area contributed by atoms with Gasteiger partial charge < -0.3 is 9.84 Å². The summed E-state index contributed by atoms with van der Waals surface area (Å²) in [6.07, 6.45) is 3.78. The first-order valence-electron chi connectivity index (χ1n) is 5.81. The molecule has 0 atom stereocenters. The van der Waals surface area contributed by atoms with Crippen LogP contribution in [0.4, 0.5) is 4.39 Å². The molecular weight excluding hydrogens is 207 g/mol. The smallest absolute Gasteiger partial charge is 0.165 e. The highest BCUT2D eigenvalue weighted by Gasteiger charge is 2.22. The first kappa shape index (κ1) is 11.4. The van der Waals surface area contributed by atoms with Gasteiger partial charge in [0.05, 0.1) is 6.61 Å². The molecule has 0 unspecified atom stereocenters. The molecule has 2 nitrogen and oxygen atoms in total. The summed E-state index contributed by atoms with van der Waals surface area (Å²) in [6.45, 7) is 0.772. The van der Waals surface area contributed by atoms with Gasteiger partial charge >= 0.3 is 0 Å². The third-order valence-corrected chi connectivity index (χ3v) is 2.79. The average Bonchev–Trinajstić information content (AvgIpc) is 3.09. The Morgan fingerprint density at radius 1 is 1.38 bits per heavy atom. The summed E-state index contributed by atoms with van der Waals surface area (Å²) in [5.74, 6) is 0.684. The van der Waals surface area contributed by atoms with Crippen LogP contribution < -0.4 is 4.74 Å². The molecule has 2 rings (SSSR count). The van der Waals surface area contributed by atoms with Gasteiger partial charge in [0.25, 0.3) is 0 Å². The lowest BCUT2D eigenvalue weighted by Gasteiger charge is -2.07. The summed E-state index contributed by atoms with van der Waals surface area (Å²) in [4.78, 5) is 0. The van der Waals surface area contributed by atoms with Crippen molar-refractivity contribution in [1.82, 2.24) is 0 Å². The fourth-order valence-corrected chi connectivity index (χ4v) is 1.59. The summed E-state index contributed by atoms with van der Waals surface area (Å²) < 4.78 is 19.0. The van der Waals surface area contributed by atoms with Crippen LogP contribution in [0.3, 0.4) is 0 Å². The predicted octanol–water partition coefficient (Wildman–Crippen LogP) is 2.54. The van der Waals surface area contributed by atoms with Crippen LogP contribution >= 0.6 is 0 Å². The maximum absolute atomic E-state index is 13.6. The van der Waals surface area contributed by atoms with Crippen molar-refractivity contribution in [2.75, 3.05) is 13.2 Å². The Bertz CT molecular complexity index is 348. The van der Waals surface area contributed by atoms with Gasteiger partial charge in [-0.15, -0.1) is 0 Å². The Labute approximate surface area is 95.1 Å². The van der Waals surface area contributed by atoms with Crippen molar-refractivity contribution in [1.29, 1.82) is 0 Å². The maximum atomic E-state index is 13.6. The predicted molar refractivity (Wildman–Crippen MR) is 60.0 cm³/mol. The van der Waals surface area contributed by atoms with Crippen LogP contribution in [0, 0.1) is 11.7 Å². The molecule has 0 aliphatic heterocycles. The lowest BCUT2D eigenvalue weighted by atomic mass is 10.1. The molecule has 0 bridgehead atoms. The lowest BCUT2D eigenvalue weighted by Crippen LogP contribution is -2.01. The molecular formula is C13H17FO2. The van der Waals surface area contributed by atoms with Gasteiger partial charge in [0.15, 0.2) is 11.6 Å². The van der Waals surface area contributed by atoms with Crippen LogP contribution in [0.2, 0.25) is 0 Å². The number of halogens is 1. The molecule has 1 saturated carbocycles. The lowest BCUT2D eigenvalue weighted by molar-refractivity contribution is 0.284. The Morgan fingerprint density at radius 3 is 2.81 bits per heavy atom. The van der Waals surface area contributed by atoms with Crippen molar-refractivity contribution in [2.24, 2.45) is 5.92 Å². The molecule has 88 valence electrons. The molecule has 0 saturated heterocycles. The topological polar surface area (TPSA) is 29.5 Å². The molecule has 3 heteroatoms. The first-order chi connectivity index (χ1) is 7.79. The third kappa shape index (κ3) is 3.20. The van der Waals surface area contributed by atoms with Crippen molar-refractivity contribution < 1.29 is 14.2 Å². The normalized spacial score (nSPS) is 15.1. The van der Waals surface area contributed by atoms with Crippen molar-refractivity contribution in [3.05, 3.63) is 29.6 Å². The summed E-state index contributed by atoms with van der Waals surface area (Å²) >= 11 is 0. The van der Waals surface area contributed by atoms with Crippen LogP contribution in [0.5, 0.6) is 5.75 Å². The molecule has 0 aromatic heterocycles. The van der Waals surface area contributed by atoms with Crippen LogP contribution in [0.1, 0.15) is 24.8 Å². The van der Waals surface area contributed by atoms with Crippen LogP contribution in [-0.2, 0) is 6.42 Å². The monoisotopic (exact) mass is 224 g/mol. The van der Waals surface area contributed by atoms with E-state index in [1.165, 1.54) is 18.9 Å². The zero-order valence-electron chi connectivity index (χ0n) is 9.29. The van der Waals surface area contributed by atoms with Gasteiger partial charge in [0.1, 0.15) is 0 Å². The minimum atomic E-state index is -0.295. The van der Waals surface area contributed by atoms with Gasteiger partial charge in [0, 0.05) is 6.61 Å². The van der Waals surface area contributed by atoms with Crippen molar-refractivity contribution in [3.8, 4) is 5.75 Å². The molecule has 1 aliphatic rings. The van der Waals surface area contributed by atoms with E-state index in [1.807, 2.05) is 6.07 Å². The summed E-state index contributed by atoms with van der Waals surface area (Å²) in [6, 6.07) is 5.04. The molecule has 1 fully saturated rings. The number of aryl methyl sites for hydroxylation is 1. The van der Waals surface area contributed by atoms with Crippen LogP contribution in [0.25, 0.3) is 0 Å². The molecule has 0 heterocycles. The third-order valence-electron chi connectivity index (χ3n) is 2.79. The van der Waals surface area contributed by atoms with Crippen molar-refractivity contribution in [3.63, 3.8) is 0 Å². The number of rotatable bonds is 6. The van der Waals surface area contributed by atoms with E-state index in [-0.39, 0.29) is 12.4 Å². The number of hydrogen-bond donors (Lipinski definition) is 1. The summed E-state index contributed by atoms with van der Waals surface area (Å²) in [5.41, 5.74) is 0.908. The van der Waals surface area contributed by atoms with Gasteiger partial charge in [-0.05, 0) is 49.3 Å². The van der Waals surface area contributed by atoms with E-state index in [1.54, 1.807) is 6.07 Å². The van der Waals surface area contributed by atoms with Gasteiger partial charge in [0.2, 0.25) is 0 Å². The van der Waals surface area contributed by atoms with Gasteiger partial charge in [-0.1, -0.05) is 6.07 Å². The fourth-order valence-electron chi connectivity index (χ4n) is 1.59. The van der Waals surface area contributed by atoms with E-state index in [9.17, 15) is 4.39 Å². The van der Waals surface area contributed by atoms with Crippen LogP contribution in [0.15, 0.2) is 18.2 Å². The Balaban J connectivity index is 1.92. The van der Waals surface area contributed by atoms with E-state index in [2.05, 4.69) is 0 Å². The Hall–Kier alpha value is -1.09. The van der Waals surface area contributed by atoms with Crippen molar-refractivity contribution in [2.45, 2.75) is 25.7 Å². The molecule has 1 N–H and O–H groups in total. The second kappa shape index (κ2) is 5.30. The molecule has 16 heavy (non-hydrogen) atoms. The van der Waals surface area contributed by atoms with Gasteiger partial charge in [-0.3, -0.25) is 0 Å². The highest BCUT2D eigenvalue weighted by molar-refractivity contribution is 5.29. The molecule has 1 aromatic rings. The van der Waals surface area contributed by atoms with E-state index in [0.717, 1.165) is 5.56 Å². The number of aliphatic hydroxyl groups excluding tert-OH is 1. The van der Waals surface area contributed by atoms with E-state index < -0.39 is 0 Å². The molecule has 1 aliphatic carbocycles. The highest BCUT2D eigenvalue weighted by atomic mass is 19.1. The summed E-state index contributed by atoms with van der Waals surface area (Å²) in [5, 5.41) is 8.69. The Morgan fingerprint density at radius 2 is 2.19 bits per heavy atom. The second-order valence-electron chi connectivity index (χ2n) is 4.35. The second-order valence-corrected chi connectivity index (χ2v) is 4.35. The minimum absolute atomic E-state index is 0.140. The largest absolute Gasteiger partial charge is 0.490 e. The van der Waals surface area contributed by atoms with Gasteiger partial charge in [-0.2, -0.15) is 0 Å². The average molecular weight is 224 g/mol. The fraction of sp³-hybridized carbons (Fsp3) is 0.538. The standard InChI is InChI=1S/C13H17FO2/c14-12-8-10(2-1-7-15)5-6-13(12)16-9-11-3-4-11/h5-6,8,11,15H,1-4,7,9H2. The minimum Gasteiger partial charge on any atom is -0.490 e. The number of benzene rings is 1. The number of aliphatic hydroxyl groups is 1.